The van der Waals surface area contributed by atoms with Crippen molar-refractivity contribution < 1.29 is 4.39 Å². The molecular weight excluding hydrogens is 253 g/mol. The molecule has 3 rings (SSSR count). The molecular formula is C16H18FN3. The number of anilines is 1. The first-order valence-corrected chi connectivity index (χ1v) is 6.74. The number of aromatic nitrogens is 1. The van der Waals surface area contributed by atoms with Crippen LogP contribution in [0.2, 0.25) is 0 Å². The molecule has 20 heavy (non-hydrogen) atoms. The Labute approximate surface area is 118 Å². The largest absolute Gasteiger partial charge is 0.373 e. The summed E-state index contributed by atoms with van der Waals surface area (Å²) in [5.41, 5.74) is 9.14. The standard InChI is InChI=1S/C16H18FN3/c1-11-5-6-12(10-13(11)17)16(18)7-9-20(2)14-4-3-8-19-15(14)16/h3-6,8,10H,7,9,18H2,1-2H3/t16-/m0/s1. The molecule has 0 unspecified atom stereocenters. The molecule has 0 aliphatic carbocycles. The maximum atomic E-state index is 13.9. The molecule has 0 amide bonds. The molecule has 1 aromatic heterocycles. The number of hydrogen-bond acceptors (Lipinski definition) is 3. The van der Waals surface area contributed by atoms with Gasteiger partial charge in [0.25, 0.3) is 0 Å². The first-order valence-electron chi connectivity index (χ1n) is 6.74. The fourth-order valence-corrected chi connectivity index (χ4v) is 2.78. The highest BCUT2D eigenvalue weighted by Crippen LogP contribution is 2.39. The third-order valence-corrected chi connectivity index (χ3v) is 4.15. The van der Waals surface area contributed by atoms with E-state index in [1.54, 1.807) is 25.3 Å². The predicted molar refractivity (Wildman–Crippen MR) is 78.2 cm³/mol. The third kappa shape index (κ3) is 1.88. The minimum atomic E-state index is -0.725. The second-order valence-electron chi connectivity index (χ2n) is 5.48. The van der Waals surface area contributed by atoms with Crippen molar-refractivity contribution in [2.24, 2.45) is 5.73 Å². The topological polar surface area (TPSA) is 42.1 Å². The van der Waals surface area contributed by atoms with Gasteiger partial charge in [-0.25, -0.2) is 4.39 Å². The van der Waals surface area contributed by atoms with Gasteiger partial charge in [0.1, 0.15) is 5.82 Å². The van der Waals surface area contributed by atoms with Crippen LogP contribution in [0.1, 0.15) is 23.2 Å². The number of nitrogens with zero attached hydrogens (tertiary/aromatic N) is 2. The van der Waals surface area contributed by atoms with Crippen LogP contribution in [-0.4, -0.2) is 18.6 Å². The van der Waals surface area contributed by atoms with Gasteiger partial charge in [0, 0.05) is 19.8 Å². The van der Waals surface area contributed by atoms with Gasteiger partial charge in [-0.05, 0) is 42.7 Å². The molecule has 1 aliphatic rings. The summed E-state index contributed by atoms with van der Waals surface area (Å²) >= 11 is 0. The summed E-state index contributed by atoms with van der Waals surface area (Å²) in [6, 6.07) is 9.13. The van der Waals surface area contributed by atoms with Gasteiger partial charge < -0.3 is 10.6 Å². The number of aryl methyl sites for hydroxylation is 1. The smallest absolute Gasteiger partial charge is 0.126 e. The lowest BCUT2D eigenvalue weighted by Gasteiger charge is -2.39. The lowest BCUT2D eigenvalue weighted by Crippen LogP contribution is -2.46. The molecule has 0 bridgehead atoms. The van der Waals surface area contributed by atoms with Gasteiger partial charge in [-0.2, -0.15) is 0 Å². The van der Waals surface area contributed by atoms with Crippen LogP contribution in [-0.2, 0) is 5.54 Å². The second-order valence-corrected chi connectivity index (χ2v) is 5.48. The van der Waals surface area contributed by atoms with Crippen LogP contribution >= 0.6 is 0 Å². The molecule has 1 aliphatic heterocycles. The lowest BCUT2D eigenvalue weighted by atomic mass is 9.80. The van der Waals surface area contributed by atoms with Gasteiger partial charge in [-0.1, -0.05) is 12.1 Å². The summed E-state index contributed by atoms with van der Waals surface area (Å²) in [6.45, 7) is 2.58. The van der Waals surface area contributed by atoms with E-state index in [9.17, 15) is 4.39 Å². The van der Waals surface area contributed by atoms with Crippen molar-refractivity contribution in [3.05, 3.63) is 59.2 Å². The van der Waals surface area contributed by atoms with Crippen molar-refractivity contribution in [3.63, 3.8) is 0 Å². The Morgan fingerprint density at radius 3 is 2.90 bits per heavy atom. The molecule has 0 fully saturated rings. The van der Waals surface area contributed by atoms with Crippen LogP contribution in [0.4, 0.5) is 10.1 Å². The molecule has 1 aromatic carbocycles. The summed E-state index contributed by atoms with van der Waals surface area (Å²) in [4.78, 5) is 6.60. The van der Waals surface area contributed by atoms with Gasteiger partial charge in [-0.3, -0.25) is 4.98 Å². The number of benzene rings is 1. The maximum absolute atomic E-state index is 13.9. The van der Waals surface area contributed by atoms with Crippen LogP contribution in [0, 0.1) is 12.7 Å². The molecule has 3 nitrogen and oxygen atoms in total. The molecule has 1 atom stereocenters. The summed E-state index contributed by atoms with van der Waals surface area (Å²) in [5.74, 6) is -0.219. The number of rotatable bonds is 1. The lowest BCUT2D eigenvalue weighted by molar-refractivity contribution is 0.455. The van der Waals surface area contributed by atoms with E-state index in [4.69, 9.17) is 5.73 Å². The predicted octanol–water partition coefficient (Wildman–Crippen LogP) is 2.57. The zero-order valence-electron chi connectivity index (χ0n) is 11.7. The average molecular weight is 271 g/mol. The Hall–Kier alpha value is -1.94. The monoisotopic (exact) mass is 271 g/mol. The molecule has 0 radical (unpaired) electrons. The van der Waals surface area contributed by atoms with E-state index < -0.39 is 5.54 Å². The zero-order chi connectivity index (χ0) is 14.3. The van der Waals surface area contributed by atoms with Crippen molar-refractivity contribution in [3.8, 4) is 0 Å². The molecule has 4 heteroatoms. The normalized spacial score (nSPS) is 21.7. The Balaban J connectivity index is 2.17. The van der Waals surface area contributed by atoms with E-state index in [1.807, 2.05) is 25.2 Å². The highest BCUT2D eigenvalue weighted by Gasteiger charge is 2.38. The first kappa shape index (κ1) is 13.1. The fourth-order valence-electron chi connectivity index (χ4n) is 2.78. The number of pyridine rings is 1. The van der Waals surface area contributed by atoms with Crippen LogP contribution in [0.5, 0.6) is 0 Å². The highest BCUT2D eigenvalue weighted by molar-refractivity contribution is 5.58. The van der Waals surface area contributed by atoms with Crippen molar-refractivity contribution in [2.75, 3.05) is 18.5 Å². The molecule has 0 spiro atoms. The molecule has 2 N–H and O–H groups in total. The summed E-state index contributed by atoms with van der Waals surface area (Å²) < 4.78 is 13.9. The van der Waals surface area contributed by atoms with Gasteiger partial charge in [0.2, 0.25) is 0 Å². The van der Waals surface area contributed by atoms with Crippen LogP contribution in [0.15, 0.2) is 36.5 Å². The molecule has 2 heterocycles. The molecule has 2 aromatic rings. The summed E-state index contributed by atoms with van der Waals surface area (Å²) in [6.07, 6.45) is 2.46. The van der Waals surface area contributed by atoms with Crippen molar-refractivity contribution in [1.29, 1.82) is 0 Å². The molecule has 0 saturated heterocycles. The van der Waals surface area contributed by atoms with Crippen LogP contribution in [0.25, 0.3) is 0 Å². The number of fused-ring (bicyclic) bond motifs is 1. The molecule has 104 valence electrons. The summed E-state index contributed by atoms with van der Waals surface area (Å²) in [7, 11) is 2.02. The van der Waals surface area contributed by atoms with Crippen LogP contribution in [0.3, 0.4) is 0 Å². The first-order chi connectivity index (χ1) is 9.52. The molecule has 0 saturated carbocycles. The minimum Gasteiger partial charge on any atom is -0.373 e. The van der Waals surface area contributed by atoms with Crippen LogP contribution < -0.4 is 10.6 Å². The van der Waals surface area contributed by atoms with E-state index in [0.717, 1.165) is 29.9 Å². The van der Waals surface area contributed by atoms with E-state index in [-0.39, 0.29) is 5.82 Å². The van der Waals surface area contributed by atoms with E-state index in [2.05, 4.69) is 9.88 Å². The number of hydrogen-bond donors (Lipinski definition) is 1. The average Bonchev–Trinajstić information content (AvgIpc) is 2.46. The maximum Gasteiger partial charge on any atom is 0.126 e. The van der Waals surface area contributed by atoms with E-state index in [1.165, 1.54) is 0 Å². The van der Waals surface area contributed by atoms with Gasteiger partial charge >= 0.3 is 0 Å². The van der Waals surface area contributed by atoms with Crippen molar-refractivity contribution in [1.82, 2.24) is 4.98 Å². The van der Waals surface area contributed by atoms with Crippen molar-refractivity contribution >= 4 is 5.69 Å². The SMILES string of the molecule is Cc1ccc([C@@]2(N)CCN(C)c3cccnc32)cc1F. The fraction of sp³-hybridized carbons (Fsp3) is 0.312. The van der Waals surface area contributed by atoms with Gasteiger partial charge in [-0.15, -0.1) is 0 Å². The minimum absolute atomic E-state index is 0.219. The van der Waals surface area contributed by atoms with Gasteiger partial charge in [0.15, 0.2) is 0 Å². The Bertz CT molecular complexity index is 656. The highest BCUT2D eigenvalue weighted by atomic mass is 19.1. The van der Waals surface area contributed by atoms with Crippen molar-refractivity contribution in [2.45, 2.75) is 18.9 Å². The third-order valence-electron chi connectivity index (χ3n) is 4.15. The summed E-state index contributed by atoms with van der Waals surface area (Å²) in [5, 5.41) is 0. The zero-order valence-corrected chi connectivity index (χ0v) is 11.7. The number of nitrogens with two attached hydrogens (primary N) is 1. The van der Waals surface area contributed by atoms with E-state index in [0.29, 0.717) is 5.56 Å². The van der Waals surface area contributed by atoms with E-state index >= 15 is 0 Å². The van der Waals surface area contributed by atoms with Gasteiger partial charge in [0.05, 0.1) is 16.9 Å². The Kier molecular flexibility index (Phi) is 2.98. The quantitative estimate of drug-likeness (QED) is 0.866. The Morgan fingerprint density at radius 1 is 1.35 bits per heavy atom. The second kappa shape index (κ2) is 4.56. The number of halogens is 1. The Morgan fingerprint density at radius 2 is 2.15 bits per heavy atom.